The number of rotatable bonds is 2. The number of nitrogens with one attached hydrogen (secondary N) is 1. The third-order valence-electron chi connectivity index (χ3n) is 3.28. The van der Waals surface area contributed by atoms with E-state index in [0.29, 0.717) is 5.25 Å². The lowest BCUT2D eigenvalue weighted by Crippen LogP contribution is -2.62. The molecule has 0 radical (unpaired) electrons. The van der Waals surface area contributed by atoms with Crippen LogP contribution in [-0.4, -0.2) is 46.3 Å². The minimum absolute atomic E-state index is 0.0323. The van der Waals surface area contributed by atoms with Crippen LogP contribution in [0.4, 0.5) is 0 Å². The first-order valence-corrected chi connectivity index (χ1v) is 6.87. The van der Waals surface area contributed by atoms with Gasteiger partial charge in [-0.05, 0) is 32.4 Å². The average Bonchev–Trinajstić information content (AvgIpc) is 2.74. The van der Waals surface area contributed by atoms with Gasteiger partial charge in [-0.1, -0.05) is 0 Å². The lowest BCUT2D eigenvalue weighted by Gasteiger charge is -2.37. The Labute approximate surface area is 100 Å². The number of piperazine rings is 1. The van der Waals surface area contributed by atoms with Crippen LogP contribution in [0.2, 0.25) is 0 Å². The lowest BCUT2D eigenvalue weighted by atomic mass is 10.1. The van der Waals surface area contributed by atoms with Crippen molar-refractivity contribution in [3.05, 3.63) is 0 Å². The monoisotopic (exact) mass is 242 g/mol. The fourth-order valence-corrected chi connectivity index (χ4v) is 3.50. The Morgan fingerprint density at radius 3 is 2.81 bits per heavy atom. The number of hydrogen-bond acceptors (Lipinski definition) is 3. The zero-order valence-corrected chi connectivity index (χ0v) is 10.5. The van der Waals surface area contributed by atoms with Crippen LogP contribution in [-0.2, 0) is 9.59 Å². The van der Waals surface area contributed by atoms with Crippen molar-refractivity contribution >= 4 is 23.6 Å². The summed E-state index contributed by atoms with van der Waals surface area (Å²) in [6.07, 6.45) is 2.39. The molecule has 5 heteroatoms. The Hall–Kier alpha value is -0.710. The molecule has 0 aliphatic carbocycles. The summed E-state index contributed by atoms with van der Waals surface area (Å²) in [6, 6.07) is -0.681. The first-order chi connectivity index (χ1) is 7.59. The molecule has 2 amide bonds. The van der Waals surface area contributed by atoms with Gasteiger partial charge in [0.2, 0.25) is 11.8 Å². The van der Waals surface area contributed by atoms with Crippen molar-refractivity contribution in [1.82, 2.24) is 10.2 Å². The molecular weight excluding hydrogens is 224 g/mol. The van der Waals surface area contributed by atoms with E-state index in [-0.39, 0.29) is 23.9 Å². The van der Waals surface area contributed by atoms with E-state index < -0.39 is 0 Å². The van der Waals surface area contributed by atoms with Crippen molar-refractivity contribution in [1.29, 1.82) is 0 Å². The van der Waals surface area contributed by atoms with Crippen molar-refractivity contribution in [2.75, 3.05) is 12.3 Å². The van der Waals surface area contributed by atoms with E-state index in [2.05, 4.69) is 5.32 Å². The maximum absolute atomic E-state index is 12.0. The molecule has 2 rings (SSSR count). The van der Waals surface area contributed by atoms with Gasteiger partial charge in [0, 0.05) is 11.8 Å². The Bertz CT molecular complexity index is 302. The molecule has 1 N–H and O–H groups in total. The molecule has 4 nitrogen and oxygen atoms in total. The van der Waals surface area contributed by atoms with Gasteiger partial charge in [0.05, 0.1) is 0 Å². The van der Waals surface area contributed by atoms with Crippen LogP contribution in [0, 0.1) is 0 Å². The quantitative estimate of drug-likeness (QED) is 0.772. The molecule has 0 aromatic carbocycles. The minimum Gasteiger partial charge on any atom is -0.343 e. The highest BCUT2D eigenvalue weighted by Gasteiger charge is 2.37. The van der Waals surface area contributed by atoms with Crippen molar-refractivity contribution in [3.8, 4) is 0 Å². The maximum atomic E-state index is 12.0. The Morgan fingerprint density at radius 2 is 2.19 bits per heavy atom. The highest BCUT2D eigenvalue weighted by Crippen LogP contribution is 2.28. The molecule has 3 atom stereocenters. The van der Waals surface area contributed by atoms with E-state index in [4.69, 9.17) is 0 Å². The minimum atomic E-state index is -0.366. The van der Waals surface area contributed by atoms with Gasteiger partial charge in [-0.25, -0.2) is 0 Å². The largest absolute Gasteiger partial charge is 0.343 e. The van der Waals surface area contributed by atoms with Gasteiger partial charge in [0.25, 0.3) is 0 Å². The van der Waals surface area contributed by atoms with Crippen LogP contribution in [0.15, 0.2) is 0 Å². The molecule has 0 spiro atoms. The smallest absolute Gasteiger partial charge is 0.245 e. The number of carbonyl (C=O) groups is 2. The van der Waals surface area contributed by atoms with Crippen molar-refractivity contribution in [2.24, 2.45) is 0 Å². The second-order valence-electron chi connectivity index (χ2n) is 4.53. The van der Waals surface area contributed by atoms with Crippen molar-refractivity contribution in [3.63, 3.8) is 0 Å². The van der Waals surface area contributed by atoms with Gasteiger partial charge in [-0.2, -0.15) is 11.8 Å². The van der Waals surface area contributed by atoms with Gasteiger partial charge < -0.3 is 10.2 Å². The molecule has 0 aromatic heterocycles. The molecule has 0 bridgehead atoms. The van der Waals surface area contributed by atoms with E-state index in [1.807, 2.05) is 11.8 Å². The molecule has 2 saturated heterocycles. The second kappa shape index (κ2) is 4.65. The molecule has 0 aromatic rings. The van der Waals surface area contributed by atoms with Crippen LogP contribution in [0.1, 0.15) is 26.7 Å². The first kappa shape index (κ1) is 11.8. The average molecular weight is 242 g/mol. The van der Waals surface area contributed by atoms with Crippen LogP contribution in [0.25, 0.3) is 0 Å². The van der Waals surface area contributed by atoms with Crippen LogP contribution < -0.4 is 5.32 Å². The summed E-state index contributed by atoms with van der Waals surface area (Å²) >= 11 is 1.92. The predicted molar refractivity (Wildman–Crippen MR) is 64.3 cm³/mol. The molecule has 16 heavy (non-hydrogen) atoms. The highest BCUT2D eigenvalue weighted by molar-refractivity contribution is 8.00. The number of thioether (sulfide) groups is 1. The van der Waals surface area contributed by atoms with Crippen LogP contribution in [0.5, 0.6) is 0 Å². The lowest BCUT2D eigenvalue weighted by molar-refractivity contribution is -0.148. The standard InChI is InChI=1S/C11H18N2O2S/c1-7-11(15)13(8(2)10(14)12-7)6-9-4-3-5-16-9/h7-9H,3-6H2,1-2H3,(H,12,14). The topological polar surface area (TPSA) is 49.4 Å². The van der Waals surface area contributed by atoms with Gasteiger partial charge in [0.1, 0.15) is 12.1 Å². The summed E-state index contributed by atoms with van der Waals surface area (Å²) in [5.74, 6) is 1.21. The summed E-state index contributed by atoms with van der Waals surface area (Å²) in [6.45, 7) is 4.28. The van der Waals surface area contributed by atoms with E-state index in [1.54, 1.807) is 18.7 Å². The van der Waals surface area contributed by atoms with Gasteiger partial charge in [-0.3, -0.25) is 9.59 Å². The third-order valence-corrected chi connectivity index (χ3v) is 4.66. The molecular formula is C11H18N2O2S. The van der Waals surface area contributed by atoms with Crippen molar-refractivity contribution < 1.29 is 9.59 Å². The maximum Gasteiger partial charge on any atom is 0.245 e. The van der Waals surface area contributed by atoms with E-state index in [0.717, 1.165) is 13.0 Å². The number of carbonyl (C=O) groups excluding carboxylic acids is 2. The molecule has 2 aliphatic heterocycles. The van der Waals surface area contributed by atoms with Crippen LogP contribution in [0.3, 0.4) is 0 Å². The third kappa shape index (κ3) is 2.19. The number of amides is 2. The van der Waals surface area contributed by atoms with E-state index >= 15 is 0 Å². The summed E-state index contributed by atoms with van der Waals surface area (Å²) in [4.78, 5) is 25.3. The Kier molecular flexibility index (Phi) is 3.42. The summed E-state index contributed by atoms with van der Waals surface area (Å²) in [7, 11) is 0. The van der Waals surface area contributed by atoms with Gasteiger partial charge >= 0.3 is 0 Å². The molecule has 2 aliphatic rings. The molecule has 3 unspecified atom stereocenters. The Balaban J connectivity index is 2.03. The van der Waals surface area contributed by atoms with Crippen LogP contribution >= 0.6 is 11.8 Å². The zero-order valence-electron chi connectivity index (χ0n) is 9.73. The molecule has 2 heterocycles. The highest BCUT2D eigenvalue weighted by atomic mass is 32.2. The fourth-order valence-electron chi connectivity index (χ4n) is 2.23. The van der Waals surface area contributed by atoms with E-state index in [9.17, 15) is 9.59 Å². The second-order valence-corrected chi connectivity index (χ2v) is 5.94. The van der Waals surface area contributed by atoms with Gasteiger partial charge in [0.15, 0.2) is 0 Å². The molecule has 90 valence electrons. The summed E-state index contributed by atoms with van der Waals surface area (Å²) < 4.78 is 0. The molecule has 2 fully saturated rings. The first-order valence-electron chi connectivity index (χ1n) is 5.82. The summed E-state index contributed by atoms with van der Waals surface area (Å²) in [5, 5.41) is 3.21. The normalized spacial score (nSPS) is 35.4. The van der Waals surface area contributed by atoms with E-state index in [1.165, 1.54) is 12.2 Å². The summed E-state index contributed by atoms with van der Waals surface area (Å²) in [5.41, 5.74) is 0. The van der Waals surface area contributed by atoms with Gasteiger partial charge in [-0.15, -0.1) is 0 Å². The predicted octanol–water partition coefficient (Wildman–Crippen LogP) is 0.617. The Morgan fingerprint density at radius 1 is 1.44 bits per heavy atom. The van der Waals surface area contributed by atoms with Crippen molar-refractivity contribution in [2.45, 2.75) is 44.0 Å². The number of hydrogen-bond donors (Lipinski definition) is 1. The zero-order chi connectivity index (χ0) is 11.7. The number of nitrogens with zero attached hydrogens (tertiary/aromatic N) is 1. The SMILES string of the molecule is CC1NC(=O)C(C)N(CC2CCCS2)C1=O. The fraction of sp³-hybridized carbons (Fsp3) is 0.818. The molecule has 0 saturated carbocycles.